The summed E-state index contributed by atoms with van der Waals surface area (Å²) in [6.45, 7) is 7.56. The maximum atomic E-state index is 12.4. The first-order valence-corrected chi connectivity index (χ1v) is 9.64. The fraction of sp³-hybridized carbons (Fsp3) is 0.524. The van der Waals surface area contributed by atoms with E-state index in [1.165, 1.54) is 11.6 Å². The van der Waals surface area contributed by atoms with Crippen molar-refractivity contribution in [3.8, 4) is 0 Å². The molecule has 6 nitrogen and oxygen atoms in total. The first-order valence-electron chi connectivity index (χ1n) is 9.64. The molecule has 0 saturated carbocycles. The van der Waals surface area contributed by atoms with Crippen molar-refractivity contribution in [2.24, 2.45) is 0 Å². The topological polar surface area (TPSA) is 57.3 Å². The van der Waals surface area contributed by atoms with E-state index in [1.807, 2.05) is 14.7 Å². The van der Waals surface area contributed by atoms with Crippen LogP contribution in [0.1, 0.15) is 19.8 Å². The molecule has 0 N–H and O–H groups in total. The van der Waals surface area contributed by atoms with Gasteiger partial charge < -0.3 is 20.0 Å². The van der Waals surface area contributed by atoms with Gasteiger partial charge in [0, 0.05) is 45.3 Å². The number of Topliss-reactive ketones (excluding diaryl/α,β-unsaturated/α-hetero) is 1. The van der Waals surface area contributed by atoms with Crippen LogP contribution in [0.15, 0.2) is 40.9 Å². The molecule has 3 aliphatic heterocycles. The molecule has 0 radical (unpaired) electrons. The summed E-state index contributed by atoms with van der Waals surface area (Å²) in [7, 11) is 3.50. The van der Waals surface area contributed by atoms with E-state index in [-0.39, 0.29) is 37.8 Å². The van der Waals surface area contributed by atoms with Gasteiger partial charge in [0.1, 0.15) is 11.4 Å². The standard InChI is InChI=1S/C12H13N3O2.C7H9.C2H6N.Zr/c16-9-7-8(13-1-2-13)12(17)11(15-5-6-15)10(9)14-3-4-14;1-2-7-5-3-4-6-7;1-3-2;/h7H,1-6H2;3,5H,2,4H2,1H3;1-2H3;/q;2*-1;+2. The minimum atomic E-state index is 0. The SMILES string of the molecule is CCC1=[C-]CC=C1.C[N-]C.O=C1C=C(N2CC2)C(=O)C(N2CC2)=C1N1CC1.[Zr+2]. The molecule has 5 rings (SSSR count). The van der Waals surface area contributed by atoms with Crippen LogP contribution >= 0.6 is 0 Å². The largest absolute Gasteiger partial charge is 2.00 e. The van der Waals surface area contributed by atoms with Crippen LogP contribution in [-0.2, 0) is 35.8 Å². The Balaban J connectivity index is 0.000000216. The minimum Gasteiger partial charge on any atom is -0.668 e. The molecule has 3 fully saturated rings. The Bertz CT molecular complexity index is 727. The predicted molar refractivity (Wildman–Crippen MR) is 106 cm³/mol. The summed E-state index contributed by atoms with van der Waals surface area (Å²) in [6.07, 6.45) is 11.2. The molecule has 0 bridgehead atoms. The van der Waals surface area contributed by atoms with Crippen molar-refractivity contribution in [2.75, 3.05) is 53.4 Å². The Kier molecular flexibility index (Phi) is 8.44. The van der Waals surface area contributed by atoms with E-state index in [0.29, 0.717) is 17.1 Å². The van der Waals surface area contributed by atoms with Gasteiger partial charge in [-0.25, -0.2) is 11.6 Å². The number of carbonyl (C=O) groups excluding carboxylic acids is 2. The van der Waals surface area contributed by atoms with Crippen LogP contribution in [0.2, 0.25) is 0 Å². The van der Waals surface area contributed by atoms with E-state index in [4.69, 9.17) is 0 Å². The number of carbonyl (C=O) groups is 2. The monoisotopic (exact) mass is 458 g/mol. The molecular formula is C21H28N4O2Zr. The summed E-state index contributed by atoms with van der Waals surface area (Å²) in [5.74, 6) is 0.0485. The van der Waals surface area contributed by atoms with E-state index < -0.39 is 0 Å². The number of nitrogens with zero attached hydrogens (tertiary/aromatic N) is 4. The van der Waals surface area contributed by atoms with Gasteiger partial charge in [-0.3, -0.25) is 15.7 Å². The van der Waals surface area contributed by atoms with Crippen molar-refractivity contribution in [3.05, 3.63) is 52.3 Å². The van der Waals surface area contributed by atoms with E-state index in [1.54, 1.807) is 14.1 Å². The van der Waals surface area contributed by atoms with Crippen molar-refractivity contribution in [3.63, 3.8) is 0 Å². The Labute approximate surface area is 187 Å². The average molecular weight is 460 g/mol. The van der Waals surface area contributed by atoms with Crippen LogP contribution in [0.4, 0.5) is 0 Å². The Morgan fingerprint density at radius 2 is 1.50 bits per heavy atom. The van der Waals surface area contributed by atoms with Crippen LogP contribution < -0.4 is 0 Å². The molecule has 3 heterocycles. The number of allylic oxidation sites excluding steroid dienone is 5. The van der Waals surface area contributed by atoms with Gasteiger partial charge in [0.2, 0.25) is 11.6 Å². The number of ketones is 2. The van der Waals surface area contributed by atoms with Crippen LogP contribution in [0.25, 0.3) is 5.32 Å². The molecule has 0 aromatic carbocycles. The normalized spacial score (nSPS) is 21.2. The summed E-state index contributed by atoms with van der Waals surface area (Å²) in [5, 5.41) is 3.50. The van der Waals surface area contributed by atoms with Gasteiger partial charge in [-0.15, -0.1) is 6.42 Å². The van der Waals surface area contributed by atoms with E-state index in [0.717, 1.165) is 52.1 Å². The molecule has 0 aromatic rings. The number of hydrogen-bond acceptors (Lipinski definition) is 5. The second-order valence-electron chi connectivity index (χ2n) is 6.99. The van der Waals surface area contributed by atoms with Crippen molar-refractivity contribution in [1.82, 2.24) is 14.7 Å². The van der Waals surface area contributed by atoms with Gasteiger partial charge in [-0.2, -0.15) is 20.2 Å². The molecule has 0 aromatic heterocycles. The van der Waals surface area contributed by atoms with Gasteiger partial charge in [0.25, 0.3) is 0 Å². The molecule has 7 heteroatoms. The first kappa shape index (κ1) is 22.8. The van der Waals surface area contributed by atoms with Crippen molar-refractivity contribution in [2.45, 2.75) is 19.8 Å². The molecule has 3 saturated heterocycles. The summed E-state index contributed by atoms with van der Waals surface area (Å²) >= 11 is 0. The molecule has 0 spiro atoms. The van der Waals surface area contributed by atoms with Gasteiger partial charge in [-0.1, -0.05) is 13.3 Å². The van der Waals surface area contributed by atoms with Crippen LogP contribution in [0.3, 0.4) is 0 Å². The van der Waals surface area contributed by atoms with Gasteiger partial charge in [-0.05, 0) is 0 Å². The van der Waals surface area contributed by atoms with Gasteiger partial charge >= 0.3 is 26.2 Å². The average Bonchev–Trinajstić information content (AvgIpc) is 3.50. The fourth-order valence-electron chi connectivity index (χ4n) is 2.97. The summed E-state index contributed by atoms with van der Waals surface area (Å²) in [6, 6.07) is 0. The third kappa shape index (κ3) is 5.77. The third-order valence-electron chi connectivity index (χ3n) is 4.63. The first-order chi connectivity index (χ1) is 13.1. The Morgan fingerprint density at radius 3 is 1.89 bits per heavy atom. The summed E-state index contributed by atoms with van der Waals surface area (Å²) in [4.78, 5) is 30.5. The second-order valence-corrected chi connectivity index (χ2v) is 6.99. The predicted octanol–water partition coefficient (Wildman–Crippen LogP) is 1.88. The van der Waals surface area contributed by atoms with Gasteiger partial charge in [0.15, 0.2) is 0 Å². The quantitative estimate of drug-likeness (QED) is 0.365. The maximum absolute atomic E-state index is 12.4. The molecule has 148 valence electrons. The summed E-state index contributed by atoms with van der Waals surface area (Å²) in [5.41, 5.74) is 3.25. The Morgan fingerprint density at radius 1 is 0.964 bits per heavy atom. The molecule has 0 amide bonds. The Hall–Kier alpha value is -1.46. The molecule has 0 unspecified atom stereocenters. The van der Waals surface area contributed by atoms with Crippen LogP contribution in [-0.4, -0.2) is 79.6 Å². The van der Waals surface area contributed by atoms with E-state index >= 15 is 0 Å². The zero-order valence-electron chi connectivity index (χ0n) is 17.0. The molecule has 0 atom stereocenters. The maximum Gasteiger partial charge on any atom is 2.00 e. The minimum absolute atomic E-state index is 0. The number of hydrogen-bond donors (Lipinski definition) is 0. The molecule has 5 aliphatic rings. The van der Waals surface area contributed by atoms with Crippen molar-refractivity contribution in [1.29, 1.82) is 0 Å². The fourth-order valence-corrected chi connectivity index (χ4v) is 2.97. The molecule has 2 aliphatic carbocycles. The third-order valence-corrected chi connectivity index (χ3v) is 4.63. The van der Waals surface area contributed by atoms with E-state index in [2.05, 4.69) is 30.5 Å². The van der Waals surface area contributed by atoms with E-state index in [9.17, 15) is 9.59 Å². The summed E-state index contributed by atoms with van der Waals surface area (Å²) < 4.78 is 0. The zero-order chi connectivity index (χ0) is 19.4. The zero-order valence-corrected chi connectivity index (χ0v) is 19.5. The van der Waals surface area contributed by atoms with Crippen molar-refractivity contribution >= 4 is 11.6 Å². The number of rotatable bonds is 4. The van der Waals surface area contributed by atoms with Crippen LogP contribution in [0, 0.1) is 6.08 Å². The smallest absolute Gasteiger partial charge is 0.668 e. The second kappa shape index (κ2) is 10.4. The van der Waals surface area contributed by atoms with Gasteiger partial charge in [0.05, 0.1) is 5.70 Å². The van der Waals surface area contributed by atoms with Crippen molar-refractivity contribution < 1.29 is 35.8 Å². The molecule has 28 heavy (non-hydrogen) atoms. The molecular weight excluding hydrogens is 431 g/mol. The van der Waals surface area contributed by atoms with Crippen LogP contribution in [0.5, 0.6) is 0 Å².